The minimum atomic E-state index is -4.01. The number of hydrogen-bond acceptors (Lipinski definition) is 3. The first-order valence-corrected chi connectivity index (χ1v) is 8.81. The second-order valence-electron chi connectivity index (χ2n) is 4.58. The van der Waals surface area contributed by atoms with Crippen molar-refractivity contribution in [1.29, 1.82) is 0 Å². The highest BCUT2D eigenvalue weighted by Crippen LogP contribution is 2.35. The number of sulfonamides is 1. The molecule has 0 spiro atoms. The fraction of sp³-hybridized carbons (Fsp3) is 0.417. The zero-order valence-electron chi connectivity index (χ0n) is 10.7. The largest absolute Gasteiger partial charge is 0.480 e. The fourth-order valence-electron chi connectivity index (χ4n) is 2.30. The Hall–Kier alpha value is -0.530. The van der Waals surface area contributed by atoms with E-state index in [4.69, 9.17) is 39.9 Å². The number of aliphatic carboxylic acids is 1. The van der Waals surface area contributed by atoms with Gasteiger partial charge in [-0.1, -0.05) is 23.2 Å². The molecule has 0 bridgehead atoms. The lowest BCUT2D eigenvalue weighted by Gasteiger charge is -2.22. The Kier molecular flexibility index (Phi) is 5.05. The smallest absolute Gasteiger partial charge is 0.322 e. The zero-order chi connectivity index (χ0) is 15.8. The quantitative estimate of drug-likeness (QED) is 0.825. The predicted octanol–water partition coefficient (Wildman–Crippen LogP) is 2.97. The van der Waals surface area contributed by atoms with Crippen LogP contribution in [0.25, 0.3) is 0 Å². The van der Waals surface area contributed by atoms with E-state index in [1.807, 2.05) is 0 Å². The molecule has 5 nitrogen and oxygen atoms in total. The molecule has 1 aromatic rings. The van der Waals surface area contributed by atoms with E-state index in [0.29, 0.717) is 12.0 Å². The molecule has 1 aromatic carbocycles. The van der Waals surface area contributed by atoms with E-state index < -0.39 is 22.0 Å². The summed E-state index contributed by atoms with van der Waals surface area (Å²) in [4.78, 5) is 11.0. The lowest BCUT2D eigenvalue weighted by Crippen LogP contribution is -2.40. The van der Waals surface area contributed by atoms with Gasteiger partial charge >= 0.3 is 5.97 Å². The minimum absolute atomic E-state index is 0.0383. The lowest BCUT2D eigenvalue weighted by molar-refractivity contribution is -0.140. The Balaban J connectivity index is 2.52. The number of carboxylic acids is 1. The van der Waals surface area contributed by atoms with Crippen molar-refractivity contribution in [2.24, 2.45) is 0 Å². The molecule has 0 amide bonds. The summed E-state index contributed by atoms with van der Waals surface area (Å²) in [6.45, 7) is 0.147. The molecule has 1 heterocycles. The van der Waals surface area contributed by atoms with Gasteiger partial charge in [-0.3, -0.25) is 4.79 Å². The summed E-state index contributed by atoms with van der Waals surface area (Å²) >= 11 is 17.7. The van der Waals surface area contributed by atoms with Gasteiger partial charge in [0.15, 0.2) is 0 Å². The van der Waals surface area contributed by atoms with Crippen LogP contribution in [-0.2, 0) is 20.7 Å². The highest BCUT2D eigenvalue weighted by molar-refractivity contribution is 7.89. The van der Waals surface area contributed by atoms with E-state index >= 15 is 0 Å². The third kappa shape index (κ3) is 3.00. The first-order chi connectivity index (χ1) is 9.80. The maximum atomic E-state index is 12.6. The van der Waals surface area contributed by atoms with Gasteiger partial charge in [0.05, 0.1) is 10.9 Å². The van der Waals surface area contributed by atoms with Crippen LogP contribution in [-0.4, -0.2) is 36.4 Å². The number of carboxylic acid groups (broad SMARTS) is 1. The summed E-state index contributed by atoms with van der Waals surface area (Å²) in [5.41, 5.74) is 0.312. The van der Waals surface area contributed by atoms with Crippen LogP contribution in [0.2, 0.25) is 10.0 Å². The first-order valence-electron chi connectivity index (χ1n) is 6.08. The highest BCUT2D eigenvalue weighted by Gasteiger charge is 2.40. The molecule has 1 saturated heterocycles. The summed E-state index contributed by atoms with van der Waals surface area (Å²) in [5.74, 6) is -1.21. The Labute approximate surface area is 137 Å². The standard InChI is InChI=1S/C12H12Cl3NO4S/c13-6-7-8(14)3-4-10(11(7)15)21(19,20)16-5-1-2-9(16)12(17)18/h3-4,9H,1-2,5-6H2,(H,17,18)/t9-/m0/s1. The second kappa shape index (κ2) is 6.30. The first kappa shape index (κ1) is 16.8. The number of benzene rings is 1. The maximum absolute atomic E-state index is 12.6. The monoisotopic (exact) mass is 371 g/mol. The fourth-order valence-corrected chi connectivity index (χ4v) is 5.25. The molecule has 1 aliphatic heterocycles. The molecule has 9 heteroatoms. The van der Waals surface area contributed by atoms with Crippen molar-refractivity contribution in [3.63, 3.8) is 0 Å². The van der Waals surface area contributed by atoms with Crippen molar-refractivity contribution in [2.75, 3.05) is 6.54 Å². The van der Waals surface area contributed by atoms with E-state index in [1.165, 1.54) is 12.1 Å². The number of hydrogen-bond donors (Lipinski definition) is 1. The Morgan fingerprint density at radius 3 is 2.62 bits per heavy atom. The molecule has 1 fully saturated rings. The van der Waals surface area contributed by atoms with Crippen LogP contribution < -0.4 is 0 Å². The van der Waals surface area contributed by atoms with Crippen molar-refractivity contribution in [1.82, 2.24) is 4.31 Å². The normalized spacial score (nSPS) is 19.9. The van der Waals surface area contributed by atoms with Gasteiger partial charge in [0.2, 0.25) is 10.0 Å². The number of rotatable bonds is 4. The van der Waals surface area contributed by atoms with Gasteiger partial charge in [-0.05, 0) is 25.0 Å². The van der Waals surface area contributed by atoms with Crippen LogP contribution in [0, 0.1) is 0 Å². The van der Waals surface area contributed by atoms with Crippen molar-refractivity contribution in [3.05, 3.63) is 27.7 Å². The van der Waals surface area contributed by atoms with E-state index in [9.17, 15) is 13.2 Å². The third-order valence-electron chi connectivity index (χ3n) is 3.36. The van der Waals surface area contributed by atoms with Gasteiger partial charge in [-0.15, -0.1) is 11.6 Å². The molecule has 0 saturated carbocycles. The molecular formula is C12H12Cl3NO4S. The second-order valence-corrected chi connectivity index (χ2v) is 7.50. The van der Waals surface area contributed by atoms with Gasteiger partial charge in [-0.2, -0.15) is 4.31 Å². The Morgan fingerprint density at radius 2 is 2.05 bits per heavy atom. The van der Waals surface area contributed by atoms with E-state index in [0.717, 1.165) is 4.31 Å². The molecular weight excluding hydrogens is 361 g/mol. The van der Waals surface area contributed by atoms with E-state index in [-0.39, 0.29) is 33.8 Å². The summed E-state index contributed by atoms with van der Waals surface area (Å²) < 4.78 is 26.2. The molecule has 0 aromatic heterocycles. The molecule has 0 radical (unpaired) electrons. The highest BCUT2D eigenvalue weighted by atomic mass is 35.5. The molecule has 1 N–H and O–H groups in total. The van der Waals surface area contributed by atoms with Crippen molar-refractivity contribution >= 4 is 50.8 Å². The lowest BCUT2D eigenvalue weighted by atomic mass is 10.2. The average Bonchev–Trinajstić information content (AvgIpc) is 2.89. The molecule has 0 aliphatic carbocycles. The van der Waals surface area contributed by atoms with Crippen molar-refractivity contribution in [2.45, 2.75) is 29.7 Å². The zero-order valence-corrected chi connectivity index (χ0v) is 13.8. The molecule has 1 aliphatic rings. The van der Waals surface area contributed by atoms with Crippen LogP contribution in [0.1, 0.15) is 18.4 Å². The van der Waals surface area contributed by atoms with Crippen molar-refractivity contribution < 1.29 is 18.3 Å². The van der Waals surface area contributed by atoms with Crippen LogP contribution in [0.5, 0.6) is 0 Å². The molecule has 2 rings (SSSR count). The SMILES string of the molecule is O=C(O)[C@@H]1CCCN1S(=O)(=O)c1ccc(Cl)c(CCl)c1Cl. The summed E-state index contributed by atoms with van der Waals surface area (Å²) in [6, 6.07) is 1.60. The Bertz CT molecular complexity index is 677. The predicted molar refractivity (Wildman–Crippen MR) is 80.6 cm³/mol. The maximum Gasteiger partial charge on any atom is 0.322 e. The molecule has 0 unspecified atom stereocenters. The van der Waals surface area contributed by atoms with Gasteiger partial charge in [-0.25, -0.2) is 8.42 Å². The van der Waals surface area contributed by atoms with Crippen LogP contribution in [0.3, 0.4) is 0 Å². The van der Waals surface area contributed by atoms with E-state index in [2.05, 4.69) is 0 Å². The molecule has 1 atom stereocenters. The summed E-state index contributed by atoms with van der Waals surface area (Å²) in [6.07, 6.45) is 0.770. The third-order valence-corrected chi connectivity index (χ3v) is 6.48. The summed E-state index contributed by atoms with van der Waals surface area (Å²) in [5, 5.41) is 9.33. The van der Waals surface area contributed by atoms with Gasteiger partial charge < -0.3 is 5.11 Å². The molecule has 21 heavy (non-hydrogen) atoms. The van der Waals surface area contributed by atoms with Crippen LogP contribution in [0.4, 0.5) is 0 Å². The van der Waals surface area contributed by atoms with Crippen LogP contribution in [0.15, 0.2) is 17.0 Å². The summed E-state index contributed by atoms with van der Waals surface area (Å²) in [7, 11) is -4.01. The van der Waals surface area contributed by atoms with Crippen molar-refractivity contribution in [3.8, 4) is 0 Å². The number of alkyl halides is 1. The van der Waals surface area contributed by atoms with Crippen LogP contribution >= 0.6 is 34.8 Å². The van der Waals surface area contributed by atoms with Gasteiger partial charge in [0, 0.05) is 17.1 Å². The molecule has 116 valence electrons. The van der Waals surface area contributed by atoms with Gasteiger partial charge in [0.1, 0.15) is 10.9 Å². The number of carbonyl (C=O) groups is 1. The minimum Gasteiger partial charge on any atom is -0.480 e. The topological polar surface area (TPSA) is 74.7 Å². The number of nitrogens with zero attached hydrogens (tertiary/aromatic N) is 1. The number of halogens is 3. The Morgan fingerprint density at radius 1 is 1.38 bits per heavy atom. The average molecular weight is 373 g/mol. The van der Waals surface area contributed by atoms with E-state index in [1.54, 1.807) is 0 Å². The van der Waals surface area contributed by atoms with Gasteiger partial charge in [0.25, 0.3) is 0 Å².